The second-order valence-electron chi connectivity index (χ2n) is 8.04. The summed E-state index contributed by atoms with van der Waals surface area (Å²) in [5.74, 6) is 1.72. The zero-order valence-electron chi connectivity index (χ0n) is 14.4. The molecule has 2 saturated carbocycles. The van der Waals surface area contributed by atoms with E-state index in [0.29, 0.717) is 23.3 Å². The van der Waals surface area contributed by atoms with Gasteiger partial charge in [-0.3, -0.25) is 0 Å². The van der Waals surface area contributed by atoms with Crippen LogP contribution in [0.3, 0.4) is 0 Å². The van der Waals surface area contributed by atoms with Crippen LogP contribution >= 0.6 is 0 Å². The highest BCUT2D eigenvalue weighted by Gasteiger charge is 2.54. The molecule has 0 unspecified atom stereocenters. The van der Waals surface area contributed by atoms with Crippen LogP contribution in [0.5, 0.6) is 0 Å². The molecule has 1 aliphatic heterocycles. The molecule has 3 aliphatic rings. The fraction of sp³-hybridized carbons (Fsp3) is 0.409. The molecule has 2 aromatic carbocycles. The molecule has 2 bridgehead atoms. The van der Waals surface area contributed by atoms with Crippen molar-refractivity contribution >= 4 is 11.7 Å². The van der Waals surface area contributed by atoms with Crippen molar-refractivity contribution in [3.8, 4) is 0 Å². The minimum atomic E-state index is -0.839. The molecule has 128 valence electrons. The summed E-state index contributed by atoms with van der Waals surface area (Å²) in [6.45, 7) is 2.11. The molecule has 2 aliphatic carbocycles. The summed E-state index contributed by atoms with van der Waals surface area (Å²) in [6.07, 6.45) is 3.92. The van der Waals surface area contributed by atoms with Gasteiger partial charge in [-0.25, -0.2) is 4.79 Å². The number of rotatable bonds is 2. The van der Waals surface area contributed by atoms with Gasteiger partial charge in [0.2, 0.25) is 0 Å². The van der Waals surface area contributed by atoms with E-state index in [4.69, 9.17) is 0 Å². The van der Waals surface area contributed by atoms with Gasteiger partial charge in [0.15, 0.2) is 0 Å². The van der Waals surface area contributed by atoms with Crippen LogP contribution in [-0.4, -0.2) is 11.1 Å². The first-order valence-electron chi connectivity index (χ1n) is 9.33. The van der Waals surface area contributed by atoms with Gasteiger partial charge >= 0.3 is 5.97 Å². The first-order chi connectivity index (χ1) is 12.1. The Hall–Kier alpha value is -2.29. The van der Waals surface area contributed by atoms with Crippen LogP contribution in [0.15, 0.2) is 42.5 Å². The van der Waals surface area contributed by atoms with Crippen molar-refractivity contribution in [2.45, 2.75) is 38.1 Å². The number of para-hydroxylation sites is 1. The molecule has 0 amide bonds. The van der Waals surface area contributed by atoms with E-state index in [2.05, 4.69) is 42.6 Å². The summed E-state index contributed by atoms with van der Waals surface area (Å²) >= 11 is 0. The maximum absolute atomic E-state index is 11.8. The van der Waals surface area contributed by atoms with E-state index in [1.807, 2.05) is 6.07 Å². The van der Waals surface area contributed by atoms with E-state index in [1.54, 1.807) is 6.07 Å². The monoisotopic (exact) mass is 333 g/mol. The van der Waals surface area contributed by atoms with Crippen LogP contribution < -0.4 is 5.32 Å². The first kappa shape index (κ1) is 15.0. The third-order valence-electron chi connectivity index (χ3n) is 6.79. The van der Waals surface area contributed by atoms with Crippen molar-refractivity contribution in [3.63, 3.8) is 0 Å². The number of nitrogens with one attached hydrogen (secondary N) is 1. The van der Waals surface area contributed by atoms with Gasteiger partial charge in [-0.05, 0) is 67.1 Å². The summed E-state index contributed by atoms with van der Waals surface area (Å²) in [5.41, 5.74) is 5.06. The molecular weight excluding hydrogens is 310 g/mol. The number of benzene rings is 2. The van der Waals surface area contributed by atoms with Crippen molar-refractivity contribution in [1.82, 2.24) is 0 Å². The second-order valence-corrected chi connectivity index (χ2v) is 8.04. The minimum Gasteiger partial charge on any atom is -0.478 e. The van der Waals surface area contributed by atoms with Crippen LogP contribution in [0.2, 0.25) is 0 Å². The molecule has 0 aromatic heterocycles. The molecular formula is C22H23NO2. The highest BCUT2D eigenvalue weighted by Crippen LogP contribution is 2.63. The normalized spacial score (nSPS) is 32.0. The number of carbonyl (C=O) groups is 1. The molecule has 1 heterocycles. The van der Waals surface area contributed by atoms with Crippen molar-refractivity contribution in [2.24, 2.45) is 17.8 Å². The maximum atomic E-state index is 11.8. The molecule has 5 rings (SSSR count). The lowest BCUT2D eigenvalue weighted by molar-refractivity contribution is 0.0697. The van der Waals surface area contributed by atoms with Gasteiger partial charge in [0.25, 0.3) is 0 Å². The standard InChI is InChI=1S/C22H23NO2/c1-12-5-7-13(8-6-12)20-19-15-10-9-14(11-15)18(19)16-3-2-4-17(22(24)25)21(16)23-20/h2-8,14-15,18-20,23H,9-11H2,1H3,(H,24,25)/t14-,15-,18+,19-,20-/m0/s1. The Morgan fingerprint density at radius 3 is 2.60 bits per heavy atom. The molecule has 25 heavy (non-hydrogen) atoms. The zero-order chi connectivity index (χ0) is 17.1. The molecule has 3 heteroatoms. The number of hydrogen-bond donors (Lipinski definition) is 2. The molecule has 2 fully saturated rings. The number of fused-ring (bicyclic) bond motifs is 7. The maximum Gasteiger partial charge on any atom is 0.337 e. The van der Waals surface area contributed by atoms with Gasteiger partial charge < -0.3 is 10.4 Å². The van der Waals surface area contributed by atoms with Crippen molar-refractivity contribution < 1.29 is 9.90 Å². The molecule has 0 radical (unpaired) electrons. The minimum absolute atomic E-state index is 0.217. The Balaban J connectivity index is 1.67. The number of aryl methyl sites for hydroxylation is 1. The Kier molecular flexibility index (Phi) is 3.21. The van der Waals surface area contributed by atoms with Crippen LogP contribution in [0.25, 0.3) is 0 Å². The lowest BCUT2D eigenvalue weighted by atomic mass is 9.67. The molecule has 2 aromatic rings. The predicted octanol–water partition coefficient (Wildman–Crippen LogP) is 4.99. The van der Waals surface area contributed by atoms with Crippen LogP contribution in [-0.2, 0) is 0 Å². The number of anilines is 1. The predicted molar refractivity (Wildman–Crippen MR) is 98.0 cm³/mol. The summed E-state index contributed by atoms with van der Waals surface area (Å²) in [4.78, 5) is 11.8. The van der Waals surface area contributed by atoms with E-state index in [9.17, 15) is 9.90 Å². The summed E-state index contributed by atoms with van der Waals surface area (Å²) in [7, 11) is 0. The first-order valence-corrected chi connectivity index (χ1v) is 9.33. The van der Waals surface area contributed by atoms with Gasteiger partial charge in [0.1, 0.15) is 0 Å². The largest absolute Gasteiger partial charge is 0.478 e. The number of aromatic carboxylic acids is 1. The van der Waals surface area contributed by atoms with Crippen molar-refractivity contribution in [1.29, 1.82) is 0 Å². The summed E-state index contributed by atoms with van der Waals surface area (Å²) in [5, 5.41) is 13.3. The van der Waals surface area contributed by atoms with Gasteiger partial charge in [0, 0.05) is 0 Å². The Morgan fingerprint density at radius 2 is 1.84 bits per heavy atom. The third-order valence-corrected chi connectivity index (χ3v) is 6.79. The van der Waals surface area contributed by atoms with Crippen molar-refractivity contribution in [2.75, 3.05) is 5.32 Å². The van der Waals surface area contributed by atoms with Gasteiger partial charge in [-0.1, -0.05) is 42.0 Å². The van der Waals surface area contributed by atoms with E-state index in [1.165, 1.54) is 36.0 Å². The van der Waals surface area contributed by atoms with Gasteiger partial charge in [0.05, 0.1) is 17.3 Å². The average Bonchev–Trinajstić information content (AvgIpc) is 3.23. The summed E-state index contributed by atoms with van der Waals surface area (Å²) < 4.78 is 0. The summed E-state index contributed by atoms with van der Waals surface area (Å²) in [6, 6.07) is 14.8. The van der Waals surface area contributed by atoms with E-state index in [0.717, 1.165) is 11.6 Å². The van der Waals surface area contributed by atoms with E-state index < -0.39 is 5.97 Å². The zero-order valence-corrected chi connectivity index (χ0v) is 14.4. The SMILES string of the molecule is Cc1ccc([C@@H]2Nc3c(C(=O)O)cccc3[C@H]3[C@H]4CC[C@@H](C4)[C@@H]32)cc1. The van der Waals surface area contributed by atoms with Gasteiger partial charge in [-0.2, -0.15) is 0 Å². The topological polar surface area (TPSA) is 49.3 Å². The fourth-order valence-electron chi connectivity index (χ4n) is 5.80. The van der Waals surface area contributed by atoms with E-state index in [-0.39, 0.29) is 6.04 Å². The lowest BCUT2D eigenvalue weighted by Gasteiger charge is -2.44. The quantitative estimate of drug-likeness (QED) is 0.814. The molecule has 3 nitrogen and oxygen atoms in total. The molecule has 0 saturated heterocycles. The fourth-order valence-corrected chi connectivity index (χ4v) is 5.80. The molecule has 2 N–H and O–H groups in total. The molecule has 5 atom stereocenters. The Morgan fingerprint density at radius 1 is 1.08 bits per heavy atom. The van der Waals surface area contributed by atoms with Crippen LogP contribution in [0.1, 0.15) is 58.3 Å². The number of carboxylic acids is 1. The smallest absolute Gasteiger partial charge is 0.337 e. The highest BCUT2D eigenvalue weighted by atomic mass is 16.4. The van der Waals surface area contributed by atoms with Crippen molar-refractivity contribution in [3.05, 3.63) is 64.7 Å². The Labute approximate surface area is 148 Å². The highest BCUT2D eigenvalue weighted by molar-refractivity contribution is 5.95. The molecule has 0 spiro atoms. The second kappa shape index (κ2) is 5.35. The average molecular weight is 333 g/mol. The Bertz CT molecular complexity index is 842. The number of hydrogen-bond acceptors (Lipinski definition) is 2. The van der Waals surface area contributed by atoms with Crippen LogP contribution in [0, 0.1) is 24.7 Å². The number of carboxylic acid groups (broad SMARTS) is 1. The van der Waals surface area contributed by atoms with Gasteiger partial charge in [-0.15, -0.1) is 0 Å². The van der Waals surface area contributed by atoms with Crippen LogP contribution in [0.4, 0.5) is 5.69 Å². The lowest BCUT2D eigenvalue weighted by Crippen LogP contribution is -2.36. The third kappa shape index (κ3) is 2.14. The van der Waals surface area contributed by atoms with E-state index >= 15 is 0 Å².